The second-order valence-electron chi connectivity index (χ2n) is 5.38. The first-order valence-electron chi connectivity index (χ1n) is 7.24. The van der Waals surface area contributed by atoms with Gasteiger partial charge in [0.25, 0.3) is 5.56 Å². The second kappa shape index (κ2) is 5.82. The Kier molecular flexibility index (Phi) is 3.61. The number of H-pyrrole nitrogens is 1. The van der Waals surface area contributed by atoms with E-state index in [1.807, 2.05) is 0 Å². The van der Waals surface area contributed by atoms with E-state index in [1.165, 1.54) is 30.7 Å². The molecule has 0 spiro atoms. The molecule has 0 aliphatic carbocycles. The Bertz CT molecular complexity index is 1210. The van der Waals surface area contributed by atoms with E-state index in [1.54, 1.807) is 18.2 Å². The van der Waals surface area contributed by atoms with Gasteiger partial charge in [-0.1, -0.05) is 15.9 Å². The van der Waals surface area contributed by atoms with Crippen molar-refractivity contribution >= 4 is 44.1 Å². The van der Waals surface area contributed by atoms with Gasteiger partial charge in [-0.15, -0.1) is 0 Å². The highest BCUT2D eigenvalue weighted by atomic mass is 79.9. The number of aromatic hydroxyl groups is 1. The zero-order chi connectivity index (χ0) is 17.6. The van der Waals surface area contributed by atoms with Crippen molar-refractivity contribution in [3.63, 3.8) is 0 Å². The number of phenolic OH excluding ortho intramolecular Hbond substituents is 1. The summed E-state index contributed by atoms with van der Waals surface area (Å²) < 4.78 is 15.2. The molecule has 6 nitrogen and oxygen atoms in total. The lowest BCUT2D eigenvalue weighted by Crippen LogP contribution is -2.17. The molecule has 0 unspecified atom stereocenters. The van der Waals surface area contributed by atoms with Crippen LogP contribution in [-0.4, -0.2) is 26.0 Å². The highest BCUT2D eigenvalue weighted by Gasteiger charge is 2.11. The number of rotatable bonds is 2. The number of benzene rings is 2. The zero-order valence-corrected chi connectivity index (χ0v) is 14.2. The Morgan fingerprint density at radius 1 is 1.28 bits per heavy atom. The molecule has 8 heteroatoms. The van der Waals surface area contributed by atoms with E-state index in [0.29, 0.717) is 22.0 Å². The van der Waals surface area contributed by atoms with Gasteiger partial charge in [0.1, 0.15) is 28.9 Å². The molecule has 2 aromatic carbocycles. The number of aromatic nitrogens is 3. The normalized spacial score (nSPS) is 11.8. The lowest BCUT2D eigenvalue weighted by atomic mass is 10.2. The smallest absolute Gasteiger partial charge is 0.298 e. The molecule has 0 aliphatic heterocycles. The summed E-state index contributed by atoms with van der Waals surface area (Å²) in [5.41, 5.74) is 1.26. The number of fused-ring (bicyclic) bond motifs is 3. The third-order valence-corrected chi connectivity index (χ3v) is 4.26. The predicted molar refractivity (Wildman–Crippen MR) is 96.6 cm³/mol. The number of aromatic amines is 1. The molecule has 4 rings (SSSR count). The molecule has 2 N–H and O–H groups in total. The number of nitrogens with zero attached hydrogens (tertiary/aromatic N) is 3. The zero-order valence-electron chi connectivity index (χ0n) is 12.6. The quantitative estimate of drug-likeness (QED) is 0.506. The standard InChI is InChI=1S/C17H10BrFN4O2/c18-10-1-4-14(24)9(5-10)7-21-23-8-20-15-12-6-11(19)2-3-13(12)22-16(15)17(23)25/h1-8,22,24H. The van der Waals surface area contributed by atoms with Crippen LogP contribution in [0.5, 0.6) is 5.75 Å². The van der Waals surface area contributed by atoms with Gasteiger partial charge in [0, 0.05) is 20.9 Å². The minimum atomic E-state index is -0.424. The van der Waals surface area contributed by atoms with Crippen LogP contribution in [0.25, 0.3) is 21.9 Å². The number of halogens is 2. The molecule has 0 bridgehead atoms. The van der Waals surface area contributed by atoms with Crippen LogP contribution in [0.4, 0.5) is 4.39 Å². The van der Waals surface area contributed by atoms with E-state index in [4.69, 9.17) is 0 Å². The molecular formula is C17H10BrFN4O2. The van der Waals surface area contributed by atoms with Gasteiger partial charge in [-0.2, -0.15) is 9.78 Å². The third kappa shape index (κ3) is 2.70. The summed E-state index contributed by atoms with van der Waals surface area (Å²) in [5, 5.41) is 14.4. The van der Waals surface area contributed by atoms with Gasteiger partial charge in [0.15, 0.2) is 0 Å². The molecule has 0 amide bonds. The lowest BCUT2D eigenvalue weighted by Gasteiger charge is -2.00. The maximum Gasteiger partial charge on any atom is 0.298 e. The molecule has 0 fully saturated rings. The first-order chi connectivity index (χ1) is 12.0. The Labute approximate surface area is 148 Å². The van der Waals surface area contributed by atoms with Gasteiger partial charge in [-0.25, -0.2) is 9.37 Å². The van der Waals surface area contributed by atoms with Crippen LogP contribution in [0.15, 0.2) is 57.1 Å². The lowest BCUT2D eigenvalue weighted by molar-refractivity contribution is 0.474. The minimum Gasteiger partial charge on any atom is -0.507 e. The second-order valence-corrected chi connectivity index (χ2v) is 6.30. The van der Waals surface area contributed by atoms with Crippen molar-refractivity contribution in [2.24, 2.45) is 5.10 Å². The summed E-state index contributed by atoms with van der Waals surface area (Å²) in [6.45, 7) is 0. The average molecular weight is 401 g/mol. The number of nitrogens with one attached hydrogen (secondary N) is 1. The summed E-state index contributed by atoms with van der Waals surface area (Å²) in [4.78, 5) is 19.7. The van der Waals surface area contributed by atoms with Crippen LogP contribution >= 0.6 is 15.9 Å². The third-order valence-electron chi connectivity index (χ3n) is 3.76. The van der Waals surface area contributed by atoms with Gasteiger partial charge < -0.3 is 10.1 Å². The fourth-order valence-corrected chi connectivity index (χ4v) is 2.93. The molecule has 0 radical (unpaired) electrons. The van der Waals surface area contributed by atoms with Gasteiger partial charge in [0.05, 0.1) is 6.21 Å². The fraction of sp³-hybridized carbons (Fsp3) is 0. The summed E-state index contributed by atoms with van der Waals surface area (Å²) in [6.07, 6.45) is 2.62. The van der Waals surface area contributed by atoms with Crippen LogP contribution in [0.1, 0.15) is 5.56 Å². The Morgan fingerprint density at radius 3 is 2.96 bits per heavy atom. The van der Waals surface area contributed by atoms with Gasteiger partial charge in [-0.3, -0.25) is 4.79 Å². The van der Waals surface area contributed by atoms with Crippen molar-refractivity contribution in [1.29, 1.82) is 0 Å². The SMILES string of the molecule is O=c1c2[nH]c3ccc(F)cc3c2ncn1N=Cc1cc(Br)ccc1O. The average Bonchev–Trinajstić information content (AvgIpc) is 2.96. The van der Waals surface area contributed by atoms with Gasteiger partial charge >= 0.3 is 0 Å². The van der Waals surface area contributed by atoms with E-state index in [0.717, 1.165) is 9.15 Å². The highest BCUT2D eigenvalue weighted by molar-refractivity contribution is 9.10. The maximum absolute atomic E-state index is 13.4. The monoisotopic (exact) mass is 400 g/mol. The molecule has 124 valence electrons. The summed E-state index contributed by atoms with van der Waals surface area (Å²) in [6, 6.07) is 9.07. The van der Waals surface area contributed by atoms with Crippen LogP contribution < -0.4 is 5.56 Å². The van der Waals surface area contributed by atoms with Gasteiger partial charge in [0.2, 0.25) is 0 Å². The topological polar surface area (TPSA) is 83.3 Å². The molecule has 0 aliphatic rings. The van der Waals surface area contributed by atoms with Crippen LogP contribution in [-0.2, 0) is 0 Å². The van der Waals surface area contributed by atoms with E-state index < -0.39 is 11.4 Å². The molecule has 0 saturated heterocycles. The van der Waals surface area contributed by atoms with Crippen LogP contribution in [0.3, 0.4) is 0 Å². The molecule has 2 aromatic heterocycles. The molecule has 4 aromatic rings. The van der Waals surface area contributed by atoms with Gasteiger partial charge in [-0.05, 0) is 36.4 Å². The van der Waals surface area contributed by atoms with Crippen molar-refractivity contribution < 1.29 is 9.50 Å². The molecule has 0 saturated carbocycles. The highest BCUT2D eigenvalue weighted by Crippen LogP contribution is 2.22. The molecule has 0 atom stereocenters. The predicted octanol–water partition coefficient (Wildman–Crippen LogP) is 3.37. The Balaban J connectivity index is 1.84. The van der Waals surface area contributed by atoms with Crippen LogP contribution in [0, 0.1) is 5.82 Å². The van der Waals surface area contributed by atoms with Crippen molar-refractivity contribution in [1.82, 2.24) is 14.6 Å². The van der Waals surface area contributed by atoms with Crippen molar-refractivity contribution in [3.8, 4) is 5.75 Å². The molecule has 25 heavy (non-hydrogen) atoms. The Hall–Kier alpha value is -3.00. The van der Waals surface area contributed by atoms with Crippen LogP contribution in [0.2, 0.25) is 0 Å². The summed E-state index contributed by atoms with van der Waals surface area (Å²) >= 11 is 3.31. The molecular weight excluding hydrogens is 391 g/mol. The summed E-state index contributed by atoms with van der Waals surface area (Å²) in [5.74, 6) is -0.363. The van der Waals surface area contributed by atoms with Crippen molar-refractivity contribution in [2.75, 3.05) is 0 Å². The van der Waals surface area contributed by atoms with E-state index in [-0.39, 0.29) is 11.3 Å². The molecule has 2 heterocycles. The first kappa shape index (κ1) is 15.5. The fourth-order valence-electron chi connectivity index (χ4n) is 2.55. The first-order valence-corrected chi connectivity index (χ1v) is 8.04. The minimum absolute atomic E-state index is 0.0372. The maximum atomic E-state index is 13.4. The number of phenols is 1. The van der Waals surface area contributed by atoms with Crippen molar-refractivity contribution in [2.45, 2.75) is 0 Å². The van der Waals surface area contributed by atoms with E-state index >= 15 is 0 Å². The van der Waals surface area contributed by atoms with Crippen molar-refractivity contribution in [3.05, 3.63) is 68.9 Å². The van der Waals surface area contributed by atoms with E-state index in [9.17, 15) is 14.3 Å². The number of hydrogen-bond donors (Lipinski definition) is 2. The number of hydrogen-bond acceptors (Lipinski definition) is 4. The summed E-state index contributed by atoms with van der Waals surface area (Å²) in [7, 11) is 0. The Morgan fingerprint density at radius 2 is 2.12 bits per heavy atom. The van der Waals surface area contributed by atoms with E-state index in [2.05, 4.69) is 31.0 Å². The largest absolute Gasteiger partial charge is 0.507 e.